The van der Waals surface area contributed by atoms with Crippen LogP contribution in [0.1, 0.15) is 8.35 Å². The van der Waals surface area contributed by atoms with Crippen LogP contribution in [0.15, 0.2) is 36.5 Å². The number of rotatable bonds is 1. The quantitative estimate of drug-likeness (QED) is 0.453. The molecule has 0 amide bonds. The molecular formula is C8H12. The summed E-state index contributed by atoms with van der Waals surface area (Å²) in [5.74, 6) is 0.495. The van der Waals surface area contributed by atoms with Crippen molar-refractivity contribution in [3.05, 3.63) is 36.5 Å². The highest BCUT2D eigenvalue weighted by Gasteiger charge is 1.99. The Morgan fingerprint density at radius 1 is 1.88 bits per heavy atom. The second-order valence-corrected chi connectivity index (χ2v) is 2.08. The van der Waals surface area contributed by atoms with Gasteiger partial charge in [0.2, 0.25) is 0 Å². The fourth-order valence-electron chi connectivity index (χ4n) is 0.824. The van der Waals surface area contributed by atoms with Crippen molar-refractivity contribution < 1.29 is 1.43 Å². The molecule has 0 heteroatoms. The second kappa shape index (κ2) is 1.99. The zero-order valence-electron chi connectivity index (χ0n) is 5.09. The molecule has 0 radical (unpaired) electrons. The van der Waals surface area contributed by atoms with Gasteiger partial charge in [0.1, 0.15) is 0 Å². The average molecular weight is 108 g/mol. The van der Waals surface area contributed by atoms with E-state index in [1.807, 2.05) is 6.08 Å². The molecular weight excluding hydrogens is 96.1 g/mol. The molecule has 0 aromatic heterocycles. The fourth-order valence-corrected chi connectivity index (χ4v) is 0.824. The molecule has 0 nitrogen and oxygen atoms in total. The van der Waals surface area contributed by atoms with Crippen LogP contribution in [0.4, 0.5) is 0 Å². The molecule has 1 atom stereocenters. The van der Waals surface area contributed by atoms with Crippen molar-refractivity contribution in [2.45, 2.75) is 6.92 Å². The lowest BCUT2D eigenvalue weighted by Gasteiger charge is -1.89. The Kier molecular flexibility index (Phi) is 1.34. The van der Waals surface area contributed by atoms with Crippen LogP contribution in [0, 0.1) is 5.92 Å². The van der Waals surface area contributed by atoms with E-state index in [1.165, 1.54) is 5.57 Å². The summed E-state index contributed by atoms with van der Waals surface area (Å²) in [5.41, 5.74) is 1.34. The molecule has 1 aliphatic carbocycles. The van der Waals surface area contributed by atoms with Gasteiger partial charge in [0.05, 0.1) is 0 Å². The molecule has 0 bridgehead atoms. The van der Waals surface area contributed by atoms with Crippen LogP contribution >= 0.6 is 0 Å². The zero-order chi connectivity index (χ0) is 5.98. The lowest BCUT2D eigenvalue weighted by molar-refractivity contribution is 1.09. The highest BCUT2D eigenvalue weighted by atomic mass is 14.0. The Morgan fingerprint density at radius 3 is 2.88 bits per heavy atom. The van der Waals surface area contributed by atoms with E-state index in [4.69, 9.17) is 0 Å². The Balaban J connectivity index is 0.000000640. The maximum Gasteiger partial charge on any atom is 0.0133 e. The zero-order valence-corrected chi connectivity index (χ0v) is 5.09. The molecule has 0 saturated carbocycles. The minimum absolute atomic E-state index is 0. The maximum absolute atomic E-state index is 3.68. The van der Waals surface area contributed by atoms with E-state index in [1.54, 1.807) is 0 Å². The van der Waals surface area contributed by atoms with Gasteiger partial charge in [-0.2, -0.15) is 0 Å². The lowest BCUT2D eigenvalue weighted by atomic mass is 10.2. The third-order valence-electron chi connectivity index (χ3n) is 1.31. The van der Waals surface area contributed by atoms with Crippen LogP contribution in [-0.4, -0.2) is 0 Å². The van der Waals surface area contributed by atoms with E-state index in [2.05, 4.69) is 31.7 Å². The number of hydrogen-bond acceptors (Lipinski definition) is 0. The van der Waals surface area contributed by atoms with Gasteiger partial charge in [0.15, 0.2) is 0 Å². The second-order valence-electron chi connectivity index (χ2n) is 2.08. The van der Waals surface area contributed by atoms with Gasteiger partial charge in [0.25, 0.3) is 0 Å². The first-order valence-corrected chi connectivity index (χ1v) is 2.82. The monoisotopic (exact) mass is 108 g/mol. The molecule has 0 aromatic carbocycles. The lowest BCUT2D eigenvalue weighted by Crippen LogP contribution is -1.76. The predicted octanol–water partition coefficient (Wildman–Crippen LogP) is 2.55. The van der Waals surface area contributed by atoms with Crippen LogP contribution in [0.3, 0.4) is 0 Å². The highest BCUT2D eigenvalue weighted by molar-refractivity contribution is 5.29. The predicted molar refractivity (Wildman–Crippen MR) is 38.7 cm³/mol. The molecule has 0 heterocycles. The molecule has 44 valence electrons. The topological polar surface area (TPSA) is 0 Å². The molecule has 0 aliphatic heterocycles. The summed E-state index contributed by atoms with van der Waals surface area (Å²) in [7, 11) is 0. The number of hydrogen-bond donors (Lipinski definition) is 0. The van der Waals surface area contributed by atoms with Crippen molar-refractivity contribution in [2.24, 2.45) is 5.92 Å². The molecule has 0 spiro atoms. The molecule has 8 heavy (non-hydrogen) atoms. The van der Waals surface area contributed by atoms with Crippen molar-refractivity contribution in [3.8, 4) is 0 Å². The van der Waals surface area contributed by atoms with E-state index in [9.17, 15) is 0 Å². The summed E-state index contributed by atoms with van der Waals surface area (Å²) in [6.07, 6.45) is 8.38. The van der Waals surface area contributed by atoms with Crippen molar-refractivity contribution in [1.82, 2.24) is 0 Å². The normalized spacial score (nSPS) is 25.6. The summed E-state index contributed by atoms with van der Waals surface area (Å²) in [6, 6.07) is 0. The molecule has 1 rings (SSSR count). The third-order valence-corrected chi connectivity index (χ3v) is 1.31. The molecule has 0 saturated heterocycles. The van der Waals surface area contributed by atoms with Gasteiger partial charge in [0, 0.05) is 7.34 Å². The standard InChI is InChI=1S/C8H10.H2/c1-3-8-5-4-7(2)6-8;/h3-6,8H,1H2,2H3;1H. The smallest absolute Gasteiger partial charge is 0.0133 e. The van der Waals surface area contributed by atoms with Gasteiger partial charge in [-0.1, -0.05) is 29.9 Å². The van der Waals surface area contributed by atoms with Gasteiger partial charge in [-0.25, -0.2) is 0 Å². The first kappa shape index (κ1) is 5.36. The number of allylic oxidation sites excluding steroid dienone is 5. The largest absolute Gasteiger partial charge is 0.102 e. The van der Waals surface area contributed by atoms with Crippen molar-refractivity contribution in [2.75, 3.05) is 0 Å². The van der Waals surface area contributed by atoms with E-state index in [0.29, 0.717) is 5.92 Å². The van der Waals surface area contributed by atoms with Gasteiger partial charge in [-0.15, -0.1) is 6.58 Å². The van der Waals surface area contributed by atoms with Gasteiger partial charge in [-0.05, 0) is 6.92 Å². The highest BCUT2D eigenvalue weighted by Crippen LogP contribution is 2.14. The van der Waals surface area contributed by atoms with Crippen molar-refractivity contribution in [3.63, 3.8) is 0 Å². The van der Waals surface area contributed by atoms with Gasteiger partial charge < -0.3 is 0 Å². The van der Waals surface area contributed by atoms with Crippen molar-refractivity contribution in [1.29, 1.82) is 0 Å². The minimum atomic E-state index is 0. The van der Waals surface area contributed by atoms with E-state index < -0.39 is 0 Å². The molecule has 1 unspecified atom stereocenters. The maximum atomic E-state index is 3.68. The first-order valence-electron chi connectivity index (χ1n) is 2.82. The van der Waals surface area contributed by atoms with Crippen molar-refractivity contribution >= 4 is 0 Å². The van der Waals surface area contributed by atoms with Crippen LogP contribution < -0.4 is 0 Å². The molecule has 0 N–H and O–H groups in total. The summed E-state index contributed by atoms with van der Waals surface area (Å²) in [5, 5.41) is 0. The van der Waals surface area contributed by atoms with Gasteiger partial charge >= 0.3 is 0 Å². The molecule has 0 fully saturated rings. The van der Waals surface area contributed by atoms with Crippen LogP contribution in [-0.2, 0) is 0 Å². The Morgan fingerprint density at radius 2 is 2.62 bits per heavy atom. The minimum Gasteiger partial charge on any atom is -0.102 e. The SMILES string of the molecule is C=CC1C=CC(C)=C1.[HH]. The van der Waals surface area contributed by atoms with Crippen LogP contribution in [0.25, 0.3) is 0 Å². The van der Waals surface area contributed by atoms with E-state index >= 15 is 0 Å². The van der Waals surface area contributed by atoms with E-state index in [-0.39, 0.29) is 1.43 Å². The van der Waals surface area contributed by atoms with Crippen LogP contribution in [0.2, 0.25) is 0 Å². The van der Waals surface area contributed by atoms with Gasteiger partial charge in [-0.3, -0.25) is 0 Å². The Hall–Kier alpha value is -0.780. The van der Waals surface area contributed by atoms with Crippen LogP contribution in [0.5, 0.6) is 0 Å². The first-order chi connectivity index (χ1) is 3.83. The van der Waals surface area contributed by atoms with E-state index in [0.717, 1.165) is 0 Å². The third kappa shape index (κ3) is 0.890. The Bertz CT molecular complexity index is 154. The molecule has 1 aliphatic rings. The average Bonchev–Trinajstić information content (AvgIpc) is 2.14. The summed E-state index contributed by atoms with van der Waals surface area (Å²) in [4.78, 5) is 0. The Labute approximate surface area is 51.7 Å². The fraction of sp³-hybridized carbons (Fsp3) is 0.250. The molecule has 0 aromatic rings. The summed E-state index contributed by atoms with van der Waals surface area (Å²) in [6.45, 7) is 5.78. The summed E-state index contributed by atoms with van der Waals surface area (Å²) >= 11 is 0. The summed E-state index contributed by atoms with van der Waals surface area (Å²) < 4.78 is 0.